The zero-order valence-corrected chi connectivity index (χ0v) is 17.1. The Morgan fingerprint density at radius 3 is 2.33 bits per heavy atom. The molecule has 30 heavy (non-hydrogen) atoms. The lowest BCUT2D eigenvalue weighted by Crippen LogP contribution is -2.15. The van der Waals surface area contributed by atoms with Gasteiger partial charge in [-0.15, -0.1) is 0 Å². The predicted molar refractivity (Wildman–Crippen MR) is 119 cm³/mol. The van der Waals surface area contributed by atoms with E-state index in [2.05, 4.69) is 59.7 Å². The second-order valence-electron chi connectivity index (χ2n) is 6.54. The number of nitrogens with zero attached hydrogens (tertiary/aromatic N) is 1. The molecule has 1 aromatic heterocycles. The largest absolute Gasteiger partial charge is 0.478 e. The number of carboxylic acid groups (broad SMARTS) is 2. The molecule has 0 bridgehead atoms. The SMILES string of the molecule is Cc1cc(N)nc(CCCCNC/C=C/c2ccccc2)c1.O=C(O)/C=C/C(=O)O. The Kier molecular flexibility index (Phi) is 11.9. The minimum absolute atomic E-state index is 0.558. The number of aliphatic carboxylic acids is 2. The first-order valence-electron chi connectivity index (χ1n) is 9.66. The minimum Gasteiger partial charge on any atom is -0.478 e. The fourth-order valence-corrected chi connectivity index (χ4v) is 2.54. The number of nitrogens with one attached hydrogen (secondary N) is 1. The quantitative estimate of drug-likeness (QED) is 0.349. The first-order valence-corrected chi connectivity index (χ1v) is 9.66. The van der Waals surface area contributed by atoms with Gasteiger partial charge in [-0.3, -0.25) is 0 Å². The van der Waals surface area contributed by atoms with Gasteiger partial charge in [0.25, 0.3) is 0 Å². The molecule has 160 valence electrons. The standard InChI is InChI=1S/C19H25N3.C4H4O4/c1-16-14-18(22-19(20)15-16)11-5-6-12-21-13-7-10-17-8-3-2-4-9-17;5-3(6)1-2-4(7)8/h2-4,7-10,14-15,21H,5-6,11-13H2,1H3,(H2,20,22);1-2H,(H,5,6)(H,7,8)/b10-7+;2-1+. The molecule has 0 aliphatic heterocycles. The molecule has 0 fully saturated rings. The van der Waals surface area contributed by atoms with Gasteiger partial charge in [0.2, 0.25) is 0 Å². The van der Waals surface area contributed by atoms with E-state index in [4.69, 9.17) is 15.9 Å². The second kappa shape index (κ2) is 14.5. The van der Waals surface area contributed by atoms with E-state index in [9.17, 15) is 9.59 Å². The third-order valence-corrected chi connectivity index (χ3v) is 3.82. The van der Waals surface area contributed by atoms with Crippen LogP contribution in [0.25, 0.3) is 6.08 Å². The number of hydrogen-bond donors (Lipinski definition) is 4. The summed E-state index contributed by atoms with van der Waals surface area (Å²) in [7, 11) is 0. The number of unbranched alkanes of at least 4 members (excludes halogenated alkanes) is 1. The first-order chi connectivity index (χ1) is 14.4. The van der Waals surface area contributed by atoms with Crippen molar-refractivity contribution in [3.8, 4) is 0 Å². The van der Waals surface area contributed by atoms with Gasteiger partial charge in [-0.2, -0.15) is 0 Å². The summed E-state index contributed by atoms with van der Waals surface area (Å²) in [6.45, 7) is 3.99. The molecule has 0 spiro atoms. The van der Waals surface area contributed by atoms with Gasteiger partial charge in [-0.05, 0) is 56.0 Å². The summed E-state index contributed by atoms with van der Waals surface area (Å²) in [5, 5.41) is 19.1. The van der Waals surface area contributed by atoms with Crippen molar-refractivity contribution in [1.29, 1.82) is 0 Å². The van der Waals surface area contributed by atoms with E-state index in [1.165, 1.54) is 11.1 Å². The molecule has 0 radical (unpaired) electrons. The zero-order valence-electron chi connectivity index (χ0n) is 17.1. The maximum atomic E-state index is 9.55. The summed E-state index contributed by atoms with van der Waals surface area (Å²) in [5.41, 5.74) is 9.29. The number of aromatic nitrogens is 1. The number of rotatable bonds is 10. The predicted octanol–water partition coefficient (Wildman–Crippen LogP) is 3.31. The highest BCUT2D eigenvalue weighted by molar-refractivity contribution is 5.89. The highest BCUT2D eigenvalue weighted by Crippen LogP contribution is 2.09. The van der Waals surface area contributed by atoms with Gasteiger partial charge in [0.1, 0.15) is 5.82 Å². The van der Waals surface area contributed by atoms with Crippen molar-refractivity contribution in [2.75, 3.05) is 18.8 Å². The van der Waals surface area contributed by atoms with Crippen LogP contribution in [0.4, 0.5) is 5.82 Å². The van der Waals surface area contributed by atoms with Gasteiger partial charge in [-0.25, -0.2) is 14.6 Å². The summed E-state index contributed by atoms with van der Waals surface area (Å²) in [6, 6.07) is 14.4. The maximum absolute atomic E-state index is 9.55. The zero-order chi connectivity index (χ0) is 22.2. The lowest BCUT2D eigenvalue weighted by molar-refractivity contribution is -0.134. The van der Waals surface area contributed by atoms with Crippen molar-refractivity contribution < 1.29 is 19.8 Å². The van der Waals surface area contributed by atoms with Crippen molar-refractivity contribution in [1.82, 2.24) is 10.3 Å². The molecule has 0 amide bonds. The number of carbonyl (C=O) groups is 2. The van der Waals surface area contributed by atoms with Crippen LogP contribution in [0.5, 0.6) is 0 Å². The molecule has 1 heterocycles. The van der Waals surface area contributed by atoms with E-state index in [1.807, 2.05) is 12.1 Å². The van der Waals surface area contributed by atoms with Gasteiger partial charge in [0.05, 0.1) is 0 Å². The smallest absolute Gasteiger partial charge is 0.328 e. The van der Waals surface area contributed by atoms with Crippen molar-refractivity contribution >= 4 is 23.8 Å². The van der Waals surface area contributed by atoms with E-state index in [0.29, 0.717) is 18.0 Å². The fraction of sp³-hybridized carbons (Fsp3) is 0.261. The van der Waals surface area contributed by atoms with Crippen LogP contribution in [0.3, 0.4) is 0 Å². The molecule has 0 aliphatic carbocycles. The molecular formula is C23H29N3O4. The third-order valence-electron chi connectivity index (χ3n) is 3.82. The molecule has 2 rings (SSSR count). The number of hydrogen-bond acceptors (Lipinski definition) is 5. The Hall–Kier alpha value is -3.45. The number of pyridine rings is 1. The van der Waals surface area contributed by atoms with Crippen LogP contribution < -0.4 is 11.1 Å². The maximum Gasteiger partial charge on any atom is 0.328 e. The third kappa shape index (κ3) is 12.9. The van der Waals surface area contributed by atoms with Crippen molar-refractivity contribution in [2.45, 2.75) is 26.2 Å². The average molecular weight is 412 g/mol. The van der Waals surface area contributed by atoms with Crippen LogP contribution in [-0.2, 0) is 16.0 Å². The molecule has 7 nitrogen and oxygen atoms in total. The number of carboxylic acids is 2. The van der Waals surface area contributed by atoms with Gasteiger partial charge in [0, 0.05) is 24.4 Å². The van der Waals surface area contributed by atoms with Gasteiger partial charge in [-0.1, -0.05) is 42.5 Å². The van der Waals surface area contributed by atoms with Crippen molar-refractivity contribution in [2.24, 2.45) is 0 Å². The molecule has 2 aromatic rings. The molecule has 0 saturated heterocycles. The lowest BCUT2D eigenvalue weighted by atomic mass is 10.1. The van der Waals surface area contributed by atoms with Crippen LogP contribution in [0.2, 0.25) is 0 Å². The van der Waals surface area contributed by atoms with E-state index in [1.54, 1.807) is 0 Å². The van der Waals surface area contributed by atoms with Crippen molar-refractivity contribution in [3.05, 3.63) is 77.5 Å². The highest BCUT2D eigenvalue weighted by Gasteiger charge is 1.98. The summed E-state index contributed by atoms with van der Waals surface area (Å²) >= 11 is 0. The minimum atomic E-state index is -1.26. The Balaban J connectivity index is 0.000000479. The molecular weight excluding hydrogens is 382 g/mol. The fourth-order valence-electron chi connectivity index (χ4n) is 2.54. The number of nitrogen functional groups attached to an aromatic ring is 1. The number of benzene rings is 1. The number of nitrogens with two attached hydrogens (primary N) is 1. The van der Waals surface area contributed by atoms with Gasteiger partial charge in [0.15, 0.2) is 0 Å². The molecule has 7 heteroatoms. The first kappa shape index (κ1) is 24.6. The number of aryl methyl sites for hydroxylation is 2. The summed E-state index contributed by atoms with van der Waals surface area (Å²) in [4.78, 5) is 23.5. The van der Waals surface area contributed by atoms with Crippen molar-refractivity contribution in [3.63, 3.8) is 0 Å². The van der Waals surface area contributed by atoms with Crippen LogP contribution >= 0.6 is 0 Å². The Labute approximate surface area is 177 Å². The Morgan fingerprint density at radius 1 is 1.07 bits per heavy atom. The Morgan fingerprint density at radius 2 is 1.73 bits per heavy atom. The summed E-state index contributed by atoms with van der Waals surface area (Å²) in [5.74, 6) is -1.89. The van der Waals surface area contributed by atoms with E-state index in [-0.39, 0.29) is 0 Å². The lowest BCUT2D eigenvalue weighted by Gasteiger charge is -2.04. The van der Waals surface area contributed by atoms with Gasteiger partial charge < -0.3 is 21.3 Å². The molecule has 0 aliphatic rings. The topological polar surface area (TPSA) is 126 Å². The van der Waals surface area contributed by atoms with E-state index in [0.717, 1.165) is 38.0 Å². The molecule has 0 atom stereocenters. The monoisotopic (exact) mass is 411 g/mol. The molecule has 0 unspecified atom stereocenters. The summed E-state index contributed by atoms with van der Waals surface area (Å²) < 4.78 is 0. The van der Waals surface area contributed by atoms with Crippen LogP contribution in [0.15, 0.2) is 60.7 Å². The van der Waals surface area contributed by atoms with Crippen LogP contribution in [0, 0.1) is 6.92 Å². The molecule has 0 saturated carbocycles. The highest BCUT2D eigenvalue weighted by atomic mass is 16.4. The van der Waals surface area contributed by atoms with E-state index >= 15 is 0 Å². The van der Waals surface area contributed by atoms with Crippen LogP contribution in [0.1, 0.15) is 29.7 Å². The average Bonchev–Trinajstić information content (AvgIpc) is 2.69. The molecule has 1 aromatic carbocycles. The Bertz CT molecular complexity index is 813. The van der Waals surface area contributed by atoms with E-state index < -0.39 is 11.9 Å². The molecule has 5 N–H and O–H groups in total. The van der Waals surface area contributed by atoms with Crippen LogP contribution in [-0.4, -0.2) is 40.2 Å². The van der Waals surface area contributed by atoms with Gasteiger partial charge >= 0.3 is 11.9 Å². The second-order valence-corrected chi connectivity index (χ2v) is 6.54. The number of anilines is 1. The normalized spacial score (nSPS) is 10.7. The summed E-state index contributed by atoms with van der Waals surface area (Å²) in [6.07, 6.45) is 8.70.